The molecule has 5 nitrogen and oxygen atoms in total. The smallest absolute Gasteiger partial charge is 0.239 e. The molecule has 0 bridgehead atoms. The van der Waals surface area contributed by atoms with Crippen LogP contribution in [0.2, 0.25) is 10.0 Å². The van der Waals surface area contributed by atoms with Crippen molar-refractivity contribution in [2.75, 3.05) is 6.61 Å². The van der Waals surface area contributed by atoms with E-state index in [0.717, 1.165) is 4.68 Å². The first kappa shape index (κ1) is 15.5. The molecule has 21 heavy (non-hydrogen) atoms. The van der Waals surface area contributed by atoms with Crippen molar-refractivity contribution in [3.8, 4) is 0 Å². The lowest BCUT2D eigenvalue weighted by Crippen LogP contribution is -2.18. The van der Waals surface area contributed by atoms with Crippen molar-refractivity contribution in [2.45, 2.75) is 6.30 Å². The second-order valence-corrected chi connectivity index (χ2v) is 4.72. The Morgan fingerprint density at radius 1 is 1.48 bits per heavy atom. The van der Waals surface area contributed by atoms with Crippen molar-refractivity contribution in [1.29, 1.82) is 0 Å². The summed E-state index contributed by atoms with van der Waals surface area (Å²) in [4.78, 5) is 8.68. The highest BCUT2D eigenvalue weighted by Crippen LogP contribution is 2.25. The SMILES string of the molecule is C=CCON=C(c1ccc(Cl)c(Cl)c1)C(F)n1cncn1. The fourth-order valence-corrected chi connectivity index (χ4v) is 1.81. The van der Waals surface area contributed by atoms with Crippen LogP contribution in [0.5, 0.6) is 0 Å². The number of hydrogen-bond donors (Lipinski definition) is 0. The minimum atomic E-state index is -1.67. The molecule has 0 saturated heterocycles. The largest absolute Gasteiger partial charge is 0.391 e. The van der Waals surface area contributed by atoms with E-state index in [1.165, 1.54) is 24.8 Å². The third kappa shape index (κ3) is 3.80. The van der Waals surface area contributed by atoms with Crippen LogP contribution in [0, 0.1) is 0 Å². The van der Waals surface area contributed by atoms with Gasteiger partial charge in [-0.05, 0) is 12.1 Å². The molecule has 1 aromatic heterocycles. The van der Waals surface area contributed by atoms with E-state index >= 15 is 0 Å². The van der Waals surface area contributed by atoms with Gasteiger partial charge in [0, 0.05) is 5.56 Å². The molecule has 0 spiro atoms. The van der Waals surface area contributed by atoms with Gasteiger partial charge in [0.1, 0.15) is 25.0 Å². The zero-order valence-corrected chi connectivity index (χ0v) is 12.3. The van der Waals surface area contributed by atoms with Gasteiger partial charge in [0.2, 0.25) is 6.30 Å². The number of nitrogens with zero attached hydrogens (tertiary/aromatic N) is 4. The fourth-order valence-electron chi connectivity index (χ4n) is 1.51. The quantitative estimate of drug-likeness (QED) is 0.352. The van der Waals surface area contributed by atoms with Gasteiger partial charge < -0.3 is 4.84 Å². The first-order chi connectivity index (χ1) is 10.1. The lowest BCUT2D eigenvalue weighted by molar-refractivity contribution is 0.168. The maximum atomic E-state index is 14.5. The van der Waals surface area contributed by atoms with Gasteiger partial charge >= 0.3 is 0 Å². The molecule has 1 atom stereocenters. The van der Waals surface area contributed by atoms with Gasteiger partial charge in [-0.2, -0.15) is 5.10 Å². The van der Waals surface area contributed by atoms with Gasteiger partial charge in [-0.25, -0.2) is 14.1 Å². The molecule has 0 N–H and O–H groups in total. The van der Waals surface area contributed by atoms with E-state index in [1.54, 1.807) is 12.1 Å². The molecular weight excluding hydrogens is 318 g/mol. The van der Waals surface area contributed by atoms with Gasteiger partial charge in [-0.1, -0.05) is 47.1 Å². The zero-order chi connectivity index (χ0) is 15.2. The Morgan fingerprint density at radius 3 is 2.90 bits per heavy atom. The standard InChI is InChI=1S/C13H11Cl2FN4O/c1-2-5-21-19-12(13(16)20-8-17-7-18-20)9-3-4-10(14)11(15)6-9/h2-4,6-8,13H,1,5H2. The fraction of sp³-hybridized carbons (Fsp3) is 0.154. The highest BCUT2D eigenvalue weighted by Gasteiger charge is 2.21. The summed E-state index contributed by atoms with van der Waals surface area (Å²) in [5.41, 5.74) is 0.428. The van der Waals surface area contributed by atoms with Crippen molar-refractivity contribution in [3.63, 3.8) is 0 Å². The van der Waals surface area contributed by atoms with Crippen LogP contribution in [0.3, 0.4) is 0 Å². The van der Waals surface area contributed by atoms with E-state index in [4.69, 9.17) is 28.0 Å². The summed E-state index contributed by atoms with van der Waals surface area (Å²) in [7, 11) is 0. The zero-order valence-electron chi connectivity index (χ0n) is 10.8. The van der Waals surface area contributed by atoms with E-state index in [2.05, 4.69) is 21.8 Å². The second-order valence-electron chi connectivity index (χ2n) is 3.90. The van der Waals surface area contributed by atoms with E-state index in [0.29, 0.717) is 10.6 Å². The Bertz CT molecular complexity index is 646. The van der Waals surface area contributed by atoms with Crippen LogP contribution in [0.25, 0.3) is 0 Å². The van der Waals surface area contributed by atoms with Crippen LogP contribution in [-0.2, 0) is 4.84 Å². The molecule has 0 radical (unpaired) electrons. The first-order valence-corrected chi connectivity index (χ1v) is 6.63. The van der Waals surface area contributed by atoms with Gasteiger partial charge in [-0.15, -0.1) is 0 Å². The number of rotatable bonds is 6. The predicted octanol–water partition coefficient (Wildman–Crippen LogP) is 3.66. The molecule has 0 aliphatic rings. The van der Waals surface area contributed by atoms with Crippen molar-refractivity contribution < 1.29 is 9.23 Å². The van der Waals surface area contributed by atoms with Gasteiger partial charge in [0.15, 0.2) is 0 Å². The number of aromatic nitrogens is 3. The van der Waals surface area contributed by atoms with Crippen LogP contribution in [0.1, 0.15) is 11.9 Å². The molecule has 2 aromatic rings. The highest BCUT2D eigenvalue weighted by atomic mass is 35.5. The minimum Gasteiger partial charge on any atom is -0.391 e. The van der Waals surface area contributed by atoms with Gasteiger partial charge in [0.25, 0.3) is 0 Å². The molecular formula is C13H11Cl2FN4O. The molecule has 110 valence electrons. The van der Waals surface area contributed by atoms with Crippen molar-refractivity contribution >= 4 is 28.9 Å². The Hall–Kier alpha value is -1.92. The summed E-state index contributed by atoms with van der Waals surface area (Å²) in [6.07, 6.45) is 2.29. The van der Waals surface area contributed by atoms with Gasteiger partial charge in [0.05, 0.1) is 10.0 Å². The van der Waals surface area contributed by atoms with E-state index < -0.39 is 6.30 Å². The van der Waals surface area contributed by atoms with Crippen molar-refractivity contribution in [2.24, 2.45) is 5.16 Å². The molecule has 0 saturated carbocycles. The monoisotopic (exact) mass is 328 g/mol. The third-order valence-corrected chi connectivity index (χ3v) is 3.20. The highest BCUT2D eigenvalue weighted by molar-refractivity contribution is 6.42. The summed E-state index contributed by atoms with van der Waals surface area (Å²) < 4.78 is 15.5. The Morgan fingerprint density at radius 2 is 2.29 bits per heavy atom. The maximum absolute atomic E-state index is 14.5. The second kappa shape index (κ2) is 7.19. The van der Waals surface area contributed by atoms with Crippen LogP contribution in [0.15, 0.2) is 48.7 Å². The Kier molecular flexibility index (Phi) is 5.30. The lowest BCUT2D eigenvalue weighted by atomic mass is 10.1. The molecule has 1 aromatic carbocycles. The number of alkyl halides is 1. The van der Waals surface area contributed by atoms with Crippen molar-refractivity contribution in [1.82, 2.24) is 14.8 Å². The Balaban J connectivity index is 2.37. The number of hydrogen-bond acceptors (Lipinski definition) is 4. The Labute approximate surface area is 130 Å². The van der Waals surface area contributed by atoms with Crippen LogP contribution in [0.4, 0.5) is 4.39 Å². The van der Waals surface area contributed by atoms with E-state index in [1.807, 2.05) is 0 Å². The third-order valence-electron chi connectivity index (χ3n) is 2.47. The van der Waals surface area contributed by atoms with Crippen LogP contribution < -0.4 is 0 Å². The van der Waals surface area contributed by atoms with Gasteiger partial charge in [-0.3, -0.25) is 0 Å². The molecule has 1 heterocycles. The first-order valence-electron chi connectivity index (χ1n) is 5.88. The maximum Gasteiger partial charge on any atom is 0.239 e. The molecule has 0 amide bonds. The molecule has 0 aliphatic heterocycles. The lowest BCUT2D eigenvalue weighted by Gasteiger charge is -2.12. The predicted molar refractivity (Wildman–Crippen MR) is 79.3 cm³/mol. The van der Waals surface area contributed by atoms with E-state index in [-0.39, 0.29) is 17.3 Å². The summed E-state index contributed by atoms with van der Waals surface area (Å²) in [6.45, 7) is 3.64. The molecule has 2 rings (SSSR count). The topological polar surface area (TPSA) is 52.3 Å². The summed E-state index contributed by atoms with van der Waals surface area (Å²) >= 11 is 11.8. The summed E-state index contributed by atoms with van der Waals surface area (Å²) in [5.74, 6) is 0. The normalized spacial score (nSPS) is 13.0. The summed E-state index contributed by atoms with van der Waals surface area (Å²) in [5, 5.41) is 8.19. The number of halogens is 3. The molecule has 8 heteroatoms. The average Bonchev–Trinajstić information content (AvgIpc) is 3.00. The average molecular weight is 329 g/mol. The minimum absolute atomic E-state index is 0.000849. The molecule has 0 aliphatic carbocycles. The van der Waals surface area contributed by atoms with Crippen molar-refractivity contribution in [3.05, 3.63) is 59.1 Å². The summed E-state index contributed by atoms with van der Waals surface area (Å²) in [6, 6.07) is 4.65. The van der Waals surface area contributed by atoms with Crippen LogP contribution >= 0.6 is 23.2 Å². The number of benzene rings is 1. The molecule has 1 unspecified atom stereocenters. The molecule has 0 fully saturated rings. The number of oxime groups is 1. The van der Waals surface area contributed by atoms with E-state index in [9.17, 15) is 4.39 Å². The van der Waals surface area contributed by atoms with Crippen LogP contribution in [-0.4, -0.2) is 27.1 Å².